The average molecular weight is 257 g/mol. The fourth-order valence-electron chi connectivity index (χ4n) is 2.29. The van der Waals surface area contributed by atoms with Crippen molar-refractivity contribution < 1.29 is 9.90 Å². The number of aromatic nitrogens is 1. The van der Waals surface area contributed by atoms with Crippen LogP contribution < -0.4 is 0 Å². The molecular formula is C16H19NO2. The van der Waals surface area contributed by atoms with Crippen LogP contribution in [0.4, 0.5) is 0 Å². The van der Waals surface area contributed by atoms with Gasteiger partial charge in [0.25, 0.3) is 0 Å². The van der Waals surface area contributed by atoms with Gasteiger partial charge < -0.3 is 9.67 Å². The fourth-order valence-corrected chi connectivity index (χ4v) is 2.29. The van der Waals surface area contributed by atoms with Gasteiger partial charge in [-0.15, -0.1) is 0 Å². The number of hydrogen-bond donors (Lipinski definition) is 1. The molecule has 3 nitrogen and oxygen atoms in total. The van der Waals surface area contributed by atoms with Gasteiger partial charge in [0.1, 0.15) is 5.69 Å². The Bertz CT molecular complexity index is 579. The van der Waals surface area contributed by atoms with Gasteiger partial charge in [-0.1, -0.05) is 38.1 Å². The predicted molar refractivity (Wildman–Crippen MR) is 76.6 cm³/mol. The van der Waals surface area contributed by atoms with E-state index in [1.54, 1.807) is 6.07 Å². The van der Waals surface area contributed by atoms with Crippen molar-refractivity contribution >= 4 is 5.97 Å². The topological polar surface area (TPSA) is 42.2 Å². The van der Waals surface area contributed by atoms with Crippen molar-refractivity contribution in [3.8, 4) is 11.3 Å². The fraction of sp³-hybridized carbons (Fsp3) is 0.312. The summed E-state index contributed by atoms with van der Waals surface area (Å²) in [5.41, 5.74) is 3.64. The predicted octanol–water partition coefficient (Wildman–Crippen LogP) is 4.00. The van der Waals surface area contributed by atoms with E-state index in [1.165, 1.54) is 5.56 Å². The van der Waals surface area contributed by atoms with Gasteiger partial charge in [0.15, 0.2) is 0 Å². The van der Waals surface area contributed by atoms with Crippen molar-refractivity contribution in [2.75, 3.05) is 0 Å². The number of rotatable bonds is 4. The maximum Gasteiger partial charge on any atom is 0.352 e. The highest BCUT2D eigenvalue weighted by atomic mass is 16.4. The summed E-state index contributed by atoms with van der Waals surface area (Å²) < 4.78 is 1.83. The number of carboxylic acid groups (broad SMARTS) is 1. The molecule has 0 aliphatic rings. The summed E-state index contributed by atoms with van der Waals surface area (Å²) in [6.07, 6.45) is 0. The van der Waals surface area contributed by atoms with E-state index in [0.29, 0.717) is 18.2 Å². The van der Waals surface area contributed by atoms with Crippen LogP contribution in [0.1, 0.15) is 42.7 Å². The Morgan fingerprint density at radius 2 is 1.79 bits per heavy atom. The third-order valence-corrected chi connectivity index (χ3v) is 3.39. The molecule has 100 valence electrons. The number of carbonyl (C=O) groups is 1. The summed E-state index contributed by atoms with van der Waals surface area (Å²) in [7, 11) is 0. The van der Waals surface area contributed by atoms with Gasteiger partial charge in [0.05, 0.1) is 0 Å². The third-order valence-electron chi connectivity index (χ3n) is 3.39. The van der Waals surface area contributed by atoms with Crippen molar-refractivity contribution in [1.82, 2.24) is 4.57 Å². The van der Waals surface area contributed by atoms with Gasteiger partial charge in [0.2, 0.25) is 0 Å². The van der Waals surface area contributed by atoms with Crippen LogP contribution in [0, 0.1) is 0 Å². The molecule has 1 heterocycles. The van der Waals surface area contributed by atoms with Crippen LogP contribution >= 0.6 is 0 Å². The molecule has 1 aromatic heterocycles. The number of nitrogens with zero attached hydrogens (tertiary/aromatic N) is 1. The van der Waals surface area contributed by atoms with Gasteiger partial charge in [-0.25, -0.2) is 4.79 Å². The standard InChI is InChI=1S/C16H19NO2/c1-4-17-14(9-10-15(17)16(18)19)13-7-5-12(6-8-13)11(2)3/h5-11H,4H2,1-3H3,(H,18,19). The van der Waals surface area contributed by atoms with Gasteiger partial charge in [-0.05, 0) is 36.1 Å². The van der Waals surface area contributed by atoms with E-state index >= 15 is 0 Å². The second-order valence-corrected chi connectivity index (χ2v) is 4.93. The van der Waals surface area contributed by atoms with Crippen molar-refractivity contribution in [2.24, 2.45) is 0 Å². The molecule has 19 heavy (non-hydrogen) atoms. The van der Waals surface area contributed by atoms with Gasteiger partial charge in [-0.3, -0.25) is 0 Å². The van der Waals surface area contributed by atoms with Crippen LogP contribution in [0.2, 0.25) is 0 Å². The van der Waals surface area contributed by atoms with E-state index in [0.717, 1.165) is 11.3 Å². The van der Waals surface area contributed by atoms with Crippen LogP contribution in [0.3, 0.4) is 0 Å². The van der Waals surface area contributed by atoms with Gasteiger partial charge in [0, 0.05) is 12.2 Å². The normalized spacial score (nSPS) is 10.9. The maximum absolute atomic E-state index is 11.1. The Morgan fingerprint density at radius 3 is 2.26 bits per heavy atom. The molecule has 0 fully saturated rings. The highest BCUT2D eigenvalue weighted by Gasteiger charge is 2.13. The van der Waals surface area contributed by atoms with Crippen LogP contribution in [0.5, 0.6) is 0 Å². The van der Waals surface area contributed by atoms with Crippen molar-refractivity contribution in [3.63, 3.8) is 0 Å². The maximum atomic E-state index is 11.1. The van der Waals surface area contributed by atoms with E-state index in [-0.39, 0.29) is 0 Å². The van der Waals surface area contributed by atoms with Crippen LogP contribution in [0.15, 0.2) is 36.4 Å². The first kappa shape index (κ1) is 13.4. The first-order valence-electron chi connectivity index (χ1n) is 6.57. The van der Waals surface area contributed by atoms with Crippen LogP contribution in [0.25, 0.3) is 11.3 Å². The molecule has 0 bridgehead atoms. The quantitative estimate of drug-likeness (QED) is 0.899. The molecular weight excluding hydrogens is 238 g/mol. The van der Waals surface area contributed by atoms with E-state index < -0.39 is 5.97 Å². The zero-order chi connectivity index (χ0) is 14.0. The lowest BCUT2D eigenvalue weighted by atomic mass is 10.0. The van der Waals surface area contributed by atoms with E-state index in [1.807, 2.05) is 17.6 Å². The summed E-state index contributed by atoms with van der Waals surface area (Å²) in [4.78, 5) is 11.1. The first-order valence-corrected chi connectivity index (χ1v) is 6.57. The lowest BCUT2D eigenvalue weighted by molar-refractivity contribution is 0.0685. The third kappa shape index (κ3) is 2.55. The summed E-state index contributed by atoms with van der Waals surface area (Å²) in [6.45, 7) is 6.92. The molecule has 0 aliphatic carbocycles. The molecule has 3 heteroatoms. The molecule has 0 radical (unpaired) electrons. The Morgan fingerprint density at radius 1 is 1.16 bits per heavy atom. The minimum atomic E-state index is -0.882. The Balaban J connectivity index is 2.44. The lowest BCUT2D eigenvalue weighted by Gasteiger charge is -2.10. The smallest absolute Gasteiger partial charge is 0.352 e. The summed E-state index contributed by atoms with van der Waals surface area (Å²) in [6, 6.07) is 11.9. The number of benzene rings is 1. The van der Waals surface area contributed by atoms with Gasteiger partial charge in [-0.2, -0.15) is 0 Å². The van der Waals surface area contributed by atoms with Crippen molar-refractivity contribution in [3.05, 3.63) is 47.7 Å². The Labute approximate surface area is 113 Å². The SMILES string of the molecule is CCn1c(C(=O)O)ccc1-c1ccc(C(C)C)cc1. The number of carboxylic acids is 1. The van der Waals surface area contributed by atoms with Crippen LogP contribution in [-0.2, 0) is 6.54 Å². The molecule has 1 aromatic carbocycles. The minimum absolute atomic E-state index is 0.338. The van der Waals surface area contributed by atoms with E-state index in [2.05, 4.69) is 38.1 Å². The van der Waals surface area contributed by atoms with Crippen molar-refractivity contribution in [2.45, 2.75) is 33.2 Å². The zero-order valence-corrected chi connectivity index (χ0v) is 11.6. The zero-order valence-electron chi connectivity index (χ0n) is 11.6. The van der Waals surface area contributed by atoms with E-state index in [9.17, 15) is 4.79 Å². The first-order chi connectivity index (χ1) is 9.04. The number of hydrogen-bond acceptors (Lipinski definition) is 1. The molecule has 0 unspecified atom stereocenters. The van der Waals surface area contributed by atoms with E-state index in [4.69, 9.17) is 5.11 Å². The largest absolute Gasteiger partial charge is 0.477 e. The molecule has 2 rings (SSSR count). The summed E-state index contributed by atoms with van der Waals surface area (Å²) in [5.74, 6) is -0.381. The highest BCUT2D eigenvalue weighted by Crippen LogP contribution is 2.25. The van der Waals surface area contributed by atoms with Gasteiger partial charge >= 0.3 is 5.97 Å². The molecule has 0 spiro atoms. The molecule has 0 amide bonds. The average Bonchev–Trinajstić information content (AvgIpc) is 2.82. The Hall–Kier alpha value is -2.03. The highest BCUT2D eigenvalue weighted by molar-refractivity contribution is 5.87. The van der Waals surface area contributed by atoms with Crippen LogP contribution in [-0.4, -0.2) is 15.6 Å². The molecule has 0 atom stereocenters. The second-order valence-electron chi connectivity index (χ2n) is 4.93. The molecule has 0 saturated carbocycles. The lowest BCUT2D eigenvalue weighted by Crippen LogP contribution is -2.08. The summed E-state index contributed by atoms with van der Waals surface area (Å²) >= 11 is 0. The van der Waals surface area contributed by atoms with Crippen molar-refractivity contribution in [1.29, 1.82) is 0 Å². The Kier molecular flexibility index (Phi) is 3.74. The molecule has 2 aromatic rings. The molecule has 0 saturated heterocycles. The monoisotopic (exact) mass is 257 g/mol. The number of aromatic carboxylic acids is 1. The molecule has 0 aliphatic heterocycles. The summed E-state index contributed by atoms with van der Waals surface area (Å²) in [5, 5.41) is 9.15. The molecule has 1 N–H and O–H groups in total. The second kappa shape index (κ2) is 5.31. The minimum Gasteiger partial charge on any atom is -0.477 e.